The SMILES string of the molecule is CSc1cc(F)cc2c(Br)csc12. The van der Waals surface area contributed by atoms with Gasteiger partial charge < -0.3 is 0 Å². The lowest BCUT2D eigenvalue weighted by atomic mass is 10.2. The molecule has 0 fully saturated rings. The minimum Gasteiger partial charge on any atom is -0.207 e. The van der Waals surface area contributed by atoms with Crippen LogP contribution in [0.3, 0.4) is 0 Å². The van der Waals surface area contributed by atoms with Gasteiger partial charge in [-0.05, 0) is 34.3 Å². The Morgan fingerprint density at radius 2 is 2.23 bits per heavy atom. The summed E-state index contributed by atoms with van der Waals surface area (Å²) in [6.07, 6.45) is 1.96. The van der Waals surface area contributed by atoms with Gasteiger partial charge in [0.2, 0.25) is 0 Å². The normalized spacial score (nSPS) is 11.0. The number of thioether (sulfide) groups is 1. The van der Waals surface area contributed by atoms with Crippen molar-refractivity contribution >= 4 is 49.1 Å². The zero-order valence-electron chi connectivity index (χ0n) is 6.80. The van der Waals surface area contributed by atoms with E-state index < -0.39 is 0 Å². The molecule has 0 radical (unpaired) electrons. The fraction of sp³-hybridized carbons (Fsp3) is 0.111. The first kappa shape index (κ1) is 9.49. The van der Waals surface area contributed by atoms with Crippen molar-refractivity contribution in [2.75, 3.05) is 6.26 Å². The van der Waals surface area contributed by atoms with Gasteiger partial charge in [0.25, 0.3) is 0 Å². The molecular weight excluding hydrogens is 271 g/mol. The van der Waals surface area contributed by atoms with E-state index in [1.54, 1.807) is 35.2 Å². The topological polar surface area (TPSA) is 0 Å². The predicted molar refractivity (Wildman–Crippen MR) is 61.3 cm³/mol. The third kappa shape index (κ3) is 1.63. The quantitative estimate of drug-likeness (QED) is 0.690. The molecule has 0 unspecified atom stereocenters. The van der Waals surface area contributed by atoms with Crippen LogP contribution < -0.4 is 0 Å². The monoisotopic (exact) mass is 276 g/mol. The smallest absolute Gasteiger partial charge is 0.125 e. The molecule has 0 aliphatic carbocycles. The highest BCUT2D eigenvalue weighted by Crippen LogP contribution is 2.36. The van der Waals surface area contributed by atoms with Gasteiger partial charge in [-0.15, -0.1) is 23.1 Å². The van der Waals surface area contributed by atoms with Gasteiger partial charge in [-0.3, -0.25) is 0 Å². The van der Waals surface area contributed by atoms with Crippen molar-refractivity contribution in [2.24, 2.45) is 0 Å². The van der Waals surface area contributed by atoms with Crippen LogP contribution in [0.1, 0.15) is 0 Å². The highest BCUT2D eigenvalue weighted by molar-refractivity contribution is 9.10. The maximum atomic E-state index is 13.1. The number of benzene rings is 1. The zero-order valence-corrected chi connectivity index (χ0v) is 10.0. The molecular formula is C9H6BrFS2. The Bertz CT molecular complexity index is 450. The summed E-state index contributed by atoms with van der Waals surface area (Å²) in [5, 5.41) is 2.96. The first-order chi connectivity index (χ1) is 6.22. The molecule has 0 saturated carbocycles. The molecule has 0 bridgehead atoms. The Morgan fingerprint density at radius 1 is 1.46 bits per heavy atom. The van der Waals surface area contributed by atoms with Crippen molar-refractivity contribution in [3.05, 3.63) is 27.8 Å². The van der Waals surface area contributed by atoms with Crippen LogP contribution in [0.2, 0.25) is 0 Å². The molecule has 0 aliphatic rings. The Kier molecular flexibility index (Phi) is 2.62. The van der Waals surface area contributed by atoms with Gasteiger partial charge in [0, 0.05) is 24.8 Å². The minimum absolute atomic E-state index is 0.170. The van der Waals surface area contributed by atoms with Gasteiger partial charge >= 0.3 is 0 Å². The third-order valence-electron chi connectivity index (χ3n) is 1.78. The van der Waals surface area contributed by atoms with Gasteiger partial charge in [0.15, 0.2) is 0 Å². The zero-order chi connectivity index (χ0) is 9.42. The first-order valence-corrected chi connectivity index (χ1v) is 6.52. The lowest BCUT2D eigenvalue weighted by Gasteiger charge is -1.99. The van der Waals surface area contributed by atoms with Gasteiger partial charge in [0.05, 0.1) is 0 Å². The minimum atomic E-state index is -0.170. The van der Waals surface area contributed by atoms with E-state index in [9.17, 15) is 4.39 Å². The molecule has 1 heterocycles. The van der Waals surface area contributed by atoms with Crippen LogP contribution in [0.15, 0.2) is 26.9 Å². The van der Waals surface area contributed by atoms with E-state index in [0.29, 0.717) is 0 Å². The Hall–Kier alpha value is -0.0600. The van der Waals surface area contributed by atoms with E-state index in [1.165, 1.54) is 0 Å². The van der Waals surface area contributed by atoms with E-state index in [0.717, 1.165) is 19.5 Å². The molecule has 68 valence electrons. The van der Waals surface area contributed by atoms with E-state index in [2.05, 4.69) is 15.9 Å². The van der Waals surface area contributed by atoms with E-state index >= 15 is 0 Å². The third-order valence-corrected chi connectivity index (χ3v) is 4.66. The Morgan fingerprint density at radius 3 is 2.92 bits per heavy atom. The maximum Gasteiger partial charge on any atom is 0.125 e. The number of hydrogen-bond acceptors (Lipinski definition) is 2. The van der Waals surface area contributed by atoms with Crippen LogP contribution in [0.25, 0.3) is 10.1 Å². The summed E-state index contributed by atoms with van der Waals surface area (Å²) in [5.41, 5.74) is 0. The molecule has 1 aromatic carbocycles. The van der Waals surface area contributed by atoms with Gasteiger partial charge in [-0.2, -0.15) is 0 Å². The summed E-state index contributed by atoms with van der Waals surface area (Å²) in [6, 6.07) is 3.14. The van der Waals surface area contributed by atoms with Crippen LogP contribution in [-0.4, -0.2) is 6.26 Å². The van der Waals surface area contributed by atoms with Gasteiger partial charge in [-0.25, -0.2) is 4.39 Å². The molecule has 0 spiro atoms. The standard InChI is InChI=1S/C9H6BrFS2/c1-12-8-3-5(11)2-6-7(10)4-13-9(6)8/h2-4H,1H3. The summed E-state index contributed by atoms with van der Waals surface area (Å²) in [7, 11) is 0. The van der Waals surface area contributed by atoms with Crippen molar-refractivity contribution < 1.29 is 4.39 Å². The summed E-state index contributed by atoms with van der Waals surface area (Å²) < 4.78 is 15.2. The molecule has 0 atom stereocenters. The Labute approximate surface area is 92.3 Å². The molecule has 2 rings (SSSR count). The molecule has 0 N–H and O–H groups in total. The maximum absolute atomic E-state index is 13.1. The van der Waals surface area contributed by atoms with E-state index in [1.807, 2.05) is 11.6 Å². The van der Waals surface area contributed by atoms with Crippen LogP contribution >= 0.6 is 39.0 Å². The van der Waals surface area contributed by atoms with Crippen molar-refractivity contribution in [2.45, 2.75) is 4.90 Å². The second-order valence-electron chi connectivity index (χ2n) is 2.57. The first-order valence-electron chi connectivity index (χ1n) is 3.62. The second-order valence-corrected chi connectivity index (χ2v) is 5.15. The average molecular weight is 277 g/mol. The summed E-state index contributed by atoms with van der Waals surface area (Å²) in [4.78, 5) is 1.01. The van der Waals surface area contributed by atoms with Gasteiger partial charge in [0.1, 0.15) is 5.82 Å². The van der Waals surface area contributed by atoms with Crippen molar-refractivity contribution in [3.8, 4) is 0 Å². The number of halogens is 2. The molecule has 1 aromatic heterocycles. The molecule has 2 aromatic rings. The highest BCUT2D eigenvalue weighted by Gasteiger charge is 2.07. The molecule has 0 saturated heterocycles. The van der Waals surface area contributed by atoms with Crippen LogP contribution in [0.5, 0.6) is 0 Å². The van der Waals surface area contributed by atoms with E-state index in [-0.39, 0.29) is 5.82 Å². The average Bonchev–Trinajstić information content (AvgIpc) is 2.47. The Balaban J connectivity index is 2.84. The summed E-state index contributed by atoms with van der Waals surface area (Å²) >= 11 is 6.61. The number of rotatable bonds is 1. The predicted octanol–water partition coefficient (Wildman–Crippen LogP) is 4.52. The molecule has 4 heteroatoms. The molecule has 0 amide bonds. The van der Waals surface area contributed by atoms with Crippen molar-refractivity contribution in [3.63, 3.8) is 0 Å². The number of fused-ring (bicyclic) bond motifs is 1. The van der Waals surface area contributed by atoms with Crippen molar-refractivity contribution in [1.29, 1.82) is 0 Å². The highest BCUT2D eigenvalue weighted by atomic mass is 79.9. The fourth-order valence-corrected chi connectivity index (χ4v) is 3.66. The van der Waals surface area contributed by atoms with Crippen LogP contribution in [-0.2, 0) is 0 Å². The van der Waals surface area contributed by atoms with E-state index in [4.69, 9.17) is 0 Å². The molecule has 13 heavy (non-hydrogen) atoms. The summed E-state index contributed by atoms with van der Waals surface area (Å²) in [6.45, 7) is 0. The largest absolute Gasteiger partial charge is 0.207 e. The van der Waals surface area contributed by atoms with Gasteiger partial charge in [-0.1, -0.05) is 0 Å². The number of hydrogen-bond donors (Lipinski definition) is 0. The molecule has 0 aliphatic heterocycles. The second kappa shape index (κ2) is 3.59. The molecule has 0 nitrogen and oxygen atoms in total. The summed E-state index contributed by atoms with van der Waals surface area (Å²) in [5.74, 6) is -0.170. The van der Waals surface area contributed by atoms with Crippen LogP contribution in [0, 0.1) is 5.82 Å². The van der Waals surface area contributed by atoms with Crippen LogP contribution in [0.4, 0.5) is 4.39 Å². The lowest BCUT2D eigenvalue weighted by Crippen LogP contribution is -1.76. The van der Waals surface area contributed by atoms with Crippen molar-refractivity contribution in [1.82, 2.24) is 0 Å². The fourth-order valence-electron chi connectivity index (χ4n) is 1.19. The lowest BCUT2D eigenvalue weighted by molar-refractivity contribution is 0.627. The number of thiophene rings is 1.